The van der Waals surface area contributed by atoms with Gasteiger partial charge < -0.3 is 0 Å². The van der Waals surface area contributed by atoms with Crippen LogP contribution in [0, 0.1) is 5.41 Å². The first-order chi connectivity index (χ1) is 5.89. The minimum atomic E-state index is 0.146. The smallest absolute Gasteiger partial charge is 0.156 e. The number of carbonyl (C=O) groups is 1. The Hall–Kier alpha value is -0.850. The standard InChI is InChI=1S/C12H18O/c1-9(2)5-10-6-11(13)8-12(3,4)7-10/h5-6H,7-8H2,1-4H3. The molecule has 0 fully saturated rings. The Morgan fingerprint density at radius 1 is 1.38 bits per heavy atom. The predicted octanol–water partition coefficient (Wildman–Crippen LogP) is 3.27. The van der Waals surface area contributed by atoms with Crippen molar-refractivity contribution >= 4 is 5.78 Å². The van der Waals surface area contributed by atoms with Gasteiger partial charge in [0.25, 0.3) is 0 Å². The maximum Gasteiger partial charge on any atom is 0.156 e. The number of carbonyl (C=O) groups excluding carboxylic acids is 1. The van der Waals surface area contributed by atoms with E-state index in [0.29, 0.717) is 6.42 Å². The highest BCUT2D eigenvalue weighted by atomic mass is 16.1. The van der Waals surface area contributed by atoms with Gasteiger partial charge in [0.1, 0.15) is 0 Å². The quantitative estimate of drug-likeness (QED) is 0.602. The maximum atomic E-state index is 11.4. The van der Waals surface area contributed by atoms with Crippen LogP contribution in [0.15, 0.2) is 23.3 Å². The molecule has 0 aromatic carbocycles. The fourth-order valence-electron chi connectivity index (χ4n) is 1.86. The van der Waals surface area contributed by atoms with Crippen LogP contribution < -0.4 is 0 Å². The second-order valence-electron chi connectivity index (χ2n) is 4.93. The fraction of sp³-hybridized carbons (Fsp3) is 0.583. The Bertz CT molecular complexity index is 275. The number of rotatable bonds is 1. The lowest BCUT2D eigenvalue weighted by Crippen LogP contribution is -2.21. The van der Waals surface area contributed by atoms with Crippen LogP contribution in [0.1, 0.15) is 40.5 Å². The zero-order valence-electron chi connectivity index (χ0n) is 8.98. The normalized spacial score (nSPS) is 20.9. The third-order valence-corrected chi connectivity index (χ3v) is 2.16. The summed E-state index contributed by atoms with van der Waals surface area (Å²) in [4.78, 5) is 11.4. The first-order valence-electron chi connectivity index (χ1n) is 4.77. The first-order valence-corrected chi connectivity index (χ1v) is 4.77. The Kier molecular flexibility index (Phi) is 2.74. The molecule has 0 saturated carbocycles. The summed E-state index contributed by atoms with van der Waals surface area (Å²) in [5.74, 6) is 0.267. The summed E-state index contributed by atoms with van der Waals surface area (Å²) in [6, 6.07) is 0. The molecule has 1 aliphatic carbocycles. The molecule has 0 saturated heterocycles. The zero-order valence-corrected chi connectivity index (χ0v) is 8.98. The van der Waals surface area contributed by atoms with Crippen LogP contribution >= 0.6 is 0 Å². The molecule has 0 N–H and O–H groups in total. The van der Waals surface area contributed by atoms with Gasteiger partial charge in [-0.2, -0.15) is 0 Å². The van der Waals surface area contributed by atoms with Crippen LogP contribution in [-0.4, -0.2) is 5.78 Å². The topological polar surface area (TPSA) is 17.1 Å². The highest BCUT2D eigenvalue weighted by molar-refractivity contribution is 5.92. The molecule has 0 bridgehead atoms. The van der Waals surface area contributed by atoms with Crippen molar-refractivity contribution < 1.29 is 4.79 Å². The van der Waals surface area contributed by atoms with Gasteiger partial charge in [-0.15, -0.1) is 0 Å². The molecular weight excluding hydrogens is 160 g/mol. The van der Waals surface area contributed by atoms with Crippen LogP contribution in [0.3, 0.4) is 0 Å². The van der Waals surface area contributed by atoms with Gasteiger partial charge in [0.15, 0.2) is 5.78 Å². The molecule has 72 valence electrons. The van der Waals surface area contributed by atoms with Gasteiger partial charge in [-0.1, -0.05) is 25.5 Å². The summed E-state index contributed by atoms with van der Waals surface area (Å²) in [5, 5.41) is 0. The lowest BCUT2D eigenvalue weighted by Gasteiger charge is -2.27. The second-order valence-corrected chi connectivity index (χ2v) is 4.93. The van der Waals surface area contributed by atoms with Crippen molar-refractivity contribution in [2.45, 2.75) is 40.5 Å². The molecule has 1 nitrogen and oxygen atoms in total. The molecule has 0 heterocycles. The lowest BCUT2D eigenvalue weighted by molar-refractivity contribution is -0.116. The van der Waals surface area contributed by atoms with Crippen molar-refractivity contribution in [3.63, 3.8) is 0 Å². The average molecular weight is 178 g/mol. The van der Waals surface area contributed by atoms with Gasteiger partial charge in [-0.3, -0.25) is 4.79 Å². The largest absolute Gasteiger partial charge is 0.295 e. The molecule has 0 unspecified atom stereocenters. The highest BCUT2D eigenvalue weighted by Crippen LogP contribution is 2.34. The summed E-state index contributed by atoms with van der Waals surface area (Å²) in [5.41, 5.74) is 2.59. The van der Waals surface area contributed by atoms with Crippen LogP contribution in [0.5, 0.6) is 0 Å². The van der Waals surface area contributed by atoms with Crippen LogP contribution in [-0.2, 0) is 4.79 Å². The van der Waals surface area contributed by atoms with E-state index in [0.717, 1.165) is 6.42 Å². The minimum absolute atomic E-state index is 0.146. The van der Waals surface area contributed by atoms with E-state index < -0.39 is 0 Å². The van der Waals surface area contributed by atoms with Crippen molar-refractivity contribution in [3.8, 4) is 0 Å². The highest BCUT2D eigenvalue weighted by Gasteiger charge is 2.26. The van der Waals surface area contributed by atoms with Gasteiger partial charge in [-0.05, 0) is 37.3 Å². The van der Waals surface area contributed by atoms with Crippen molar-refractivity contribution in [1.82, 2.24) is 0 Å². The average Bonchev–Trinajstić information content (AvgIpc) is 1.78. The predicted molar refractivity (Wildman–Crippen MR) is 55.5 cm³/mol. The van der Waals surface area contributed by atoms with Gasteiger partial charge >= 0.3 is 0 Å². The van der Waals surface area contributed by atoms with E-state index in [9.17, 15) is 4.79 Å². The minimum Gasteiger partial charge on any atom is -0.295 e. The van der Waals surface area contributed by atoms with E-state index in [1.54, 1.807) is 6.08 Å². The van der Waals surface area contributed by atoms with Gasteiger partial charge in [0, 0.05) is 6.42 Å². The first kappa shape index (κ1) is 10.2. The molecule has 1 rings (SSSR count). The molecule has 1 heteroatoms. The summed E-state index contributed by atoms with van der Waals surface area (Å²) >= 11 is 0. The van der Waals surface area contributed by atoms with Gasteiger partial charge in [0.05, 0.1) is 0 Å². The summed E-state index contributed by atoms with van der Waals surface area (Å²) in [6.07, 6.45) is 5.61. The SMILES string of the molecule is CC(C)=CC1=CC(=O)CC(C)(C)C1. The number of hydrogen-bond donors (Lipinski definition) is 0. The number of hydrogen-bond acceptors (Lipinski definition) is 1. The number of ketones is 1. The third-order valence-electron chi connectivity index (χ3n) is 2.16. The molecule has 0 aromatic rings. The lowest BCUT2D eigenvalue weighted by atomic mass is 9.76. The Morgan fingerprint density at radius 3 is 2.46 bits per heavy atom. The summed E-state index contributed by atoms with van der Waals surface area (Å²) in [7, 11) is 0. The number of allylic oxidation sites excluding steroid dienone is 4. The van der Waals surface area contributed by atoms with E-state index in [1.807, 2.05) is 0 Å². The van der Waals surface area contributed by atoms with Crippen molar-refractivity contribution in [2.75, 3.05) is 0 Å². The molecule has 0 aliphatic heterocycles. The molecular formula is C12H18O. The van der Waals surface area contributed by atoms with Crippen molar-refractivity contribution in [1.29, 1.82) is 0 Å². The summed E-state index contributed by atoms with van der Waals surface area (Å²) < 4.78 is 0. The van der Waals surface area contributed by atoms with Crippen molar-refractivity contribution in [2.24, 2.45) is 5.41 Å². The Morgan fingerprint density at radius 2 is 2.00 bits per heavy atom. The monoisotopic (exact) mass is 178 g/mol. The van der Waals surface area contributed by atoms with Crippen LogP contribution in [0.4, 0.5) is 0 Å². The molecule has 0 spiro atoms. The van der Waals surface area contributed by atoms with E-state index >= 15 is 0 Å². The Balaban J connectivity index is 2.88. The van der Waals surface area contributed by atoms with Gasteiger partial charge in [-0.25, -0.2) is 0 Å². The van der Waals surface area contributed by atoms with E-state index in [2.05, 4.69) is 33.8 Å². The fourth-order valence-corrected chi connectivity index (χ4v) is 1.86. The van der Waals surface area contributed by atoms with Crippen molar-refractivity contribution in [3.05, 3.63) is 23.3 Å². The van der Waals surface area contributed by atoms with E-state index in [4.69, 9.17) is 0 Å². The molecule has 0 amide bonds. The molecule has 0 aromatic heterocycles. The van der Waals surface area contributed by atoms with Gasteiger partial charge in [0.2, 0.25) is 0 Å². The molecule has 1 aliphatic rings. The second kappa shape index (κ2) is 3.49. The summed E-state index contributed by atoms with van der Waals surface area (Å²) in [6.45, 7) is 8.42. The van der Waals surface area contributed by atoms with Crippen LogP contribution in [0.2, 0.25) is 0 Å². The van der Waals surface area contributed by atoms with Crippen LogP contribution in [0.25, 0.3) is 0 Å². The zero-order chi connectivity index (χ0) is 10.1. The molecule has 0 atom stereocenters. The van der Waals surface area contributed by atoms with E-state index in [1.165, 1.54) is 11.1 Å². The maximum absolute atomic E-state index is 11.4. The molecule has 0 radical (unpaired) electrons. The Labute approximate surface area is 80.5 Å². The third kappa shape index (κ3) is 3.17. The molecule has 13 heavy (non-hydrogen) atoms. The van der Waals surface area contributed by atoms with E-state index in [-0.39, 0.29) is 11.2 Å².